The highest BCUT2D eigenvalue weighted by Crippen LogP contribution is 2.37. The van der Waals surface area contributed by atoms with Crippen LogP contribution in [0.1, 0.15) is 32.3 Å². The molecular formula is C17H22N2O4. The molecule has 0 spiro atoms. The molecule has 2 bridgehead atoms. The fraction of sp³-hybridized carbons (Fsp3) is 0.529. The first kappa shape index (κ1) is 15.8. The number of hydrogen-bond donors (Lipinski definition) is 0. The minimum absolute atomic E-state index is 0.00582. The molecule has 0 aliphatic carbocycles. The Morgan fingerprint density at radius 2 is 2.09 bits per heavy atom. The molecule has 0 saturated carbocycles. The Morgan fingerprint density at radius 1 is 1.35 bits per heavy atom. The molecule has 2 heterocycles. The Bertz CT molecular complexity index is 592. The van der Waals surface area contributed by atoms with Gasteiger partial charge in [0, 0.05) is 6.54 Å². The number of amides is 2. The number of urea groups is 1. The molecule has 2 fully saturated rings. The molecule has 0 radical (unpaired) electrons. The lowest BCUT2D eigenvalue weighted by atomic mass is 9.88. The van der Waals surface area contributed by atoms with E-state index in [1.165, 1.54) is 5.06 Å². The van der Waals surface area contributed by atoms with E-state index in [1.807, 2.05) is 30.3 Å². The summed E-state index contributed by atoms with van der Waals surface area (Å²) in [5.74, 6) is -0.336. The lowest BCUT2D eigenvalue weighted by Gasteiger charge is -2.38. The van der Waals surface area contributed by atoms with Crippen molar-refractivity contribution >= 4 is 12.0 Å². The van der Waals surface area contributed by atoms with Crippen molar-refractivity contribution in [1.82, 2.24) is 9.96 Å². The van der Waals surface area contributed by atoms with E-state index in [-0.39, 0.29) is 18.0 Å². The molecule has 0 aromatic heterocycles. The lowest BCUT2D eigenvalue weighted by Crippen LogP contribution is -2.56. The molecule has 6 nitrogen and oxygen atoms in total. The molecule has 23 heavy (non-hydrogen) atoms. The second kappa shape index (κ2) is 6.20. The van der Waals surface area contributed by atoms with Crippen LogP contribution >= 0.6 is 0 Å². The van der Waals surface area contributed by atoms with Gasteiger partial charge in [0.2, 0.25) is 0 Å². The average molecular weight is 318 g/mol. The average Bonchev–Trinajstić information content (AvgIpc) is 2.84. The number of piperidine rings is 1. The van der Waals surface area contributed by atoms with Crippen molar-refractivity contribution in [1.29, 1.82) is 0 Å². The highest BCUT2D eigenvalue weighted by molar-refractivity contribution is 5.88. The Hall–Kier alpha value is -2.08. The van der Waals surface area contributed by atoms with Crippen LogP contribution in [-0.4, -0.2) is 46.7 Å². The largest absolute Gasteiger partial charge is 0.464 e. The molecule has 124 valence electrons. The van der Waals surface area contributed by atoms with Gasteiger partial charge in [-0.1, -0.05) is 30.3 Å². The molecule has 1 aromatic rings. The zero-order valence-corrected chi connectivity index (χ0v) is 13.5. The molecule has 2 aliphatic rings. The number of carbonyl (C=O) groups is 2. The normalized spacial score (nSPS) is 26.5. The van der Waals surface area contributed by atoms with Crippen molar-refractivity contribution in [3.8, 4) is 0 Å². The van der Waals surface area contributed by atoms with Gasteiger partial charge in [0.1, 0.15) is 12.1 Å². The number of fused-ring (bicyclic) bond motifs is 2. The summed E-state index contributed by atoms with van der Waals surface area (Å²) in [5.41, 5.74) is 0.110. The SMILES string of the molecule is CCOC(=O)[C@]1(C)CCC2CN1C(=O)N2OCc1ccccc1. The van der Waals surface area contributed by atoms with Crippen LogP contribution < -0.4 is 0 Å². The highest BCUT2D eigenvalue weighted by Gasteiger charge is 2.55. The molecular weight excluding hydrogens is 296 g/mol. The summed E-state index contributed by atoms with van der Waals surface area (Å²) in [6.45, 7) is 4.71. The standard InChI is InChI=1S/C17H22N2O4/c1-3-22-15(20)17(2)10-9-14-11-18(17)16(21)19(14)23-12-13-7-5-4-6-8-13/h4-8,14H,3,9-12H2,1-2H3/t14?,17-/m0/s1. The molecule has 2 amide bonds. The first-order chi connectivity index (χ1) is 11.1. The number of esters is 1. The van der Waals surface area contributed by atoms with Gasteiger partial charge in [0.05, 0.1) is 12.6 Å². The Labute approximate surface area is 135 Å². The van der Waals surface area contributed by atoms with Crippen LogP contribution in [0.25, 0.3) is 0 Å². The molecule has 2 saturated heterocycles. The first-order valence-electron chi connectivity index (χ1n) is 8.01. The maximum absolute atomic E-state index is 12.7. The summed E-state index contributed by atoms with van der Waals surface area (Å²) in [6, 6.07) is 9.46. The topological polar surface area (TPSA) is 59.1 Å². The summed E-state index contributed by atoms with van der Waals surface area (Å²) in [5, 5.41) is 1.43. The number of rotatable bonds is 5. The van der Waals surface area contributed by atoms with Crippen LogP contribution in [0.5, 0.6) is 0 Å². The number of ether oxygens (including phenoxy) is 1. The highest BCUT2D eigenvalue weighted by atomic mass is 16.7. The van der Waals surface area contributed by atoms with Gasteiger partial charge in [0.15, 0.2) is 0 Å². The molecule has 0 N–H and O–H groups in total. The summed E-state index contributed by atoms with van der Waals surface area (Å²) < 4.78 is 5.16. The van der Waals surface area contributed by atoms with Crippen molar-refractivity contribution < 1.29 is 19.2 Å². The van der Waals surface area contributed by atoms with Crippen LogP contribution in [0.15, 0.2) is 30.3 Å². The molecule has 2 aliphatic heterocycles. The van der Waals surface area contributed by atoms with E-state index in [0.717, 1.165) is 12.0 Å². The van der Waals surface area contributed by atoms with Gasteiger partial charge in [-0.15, -0.1) is 0 Å². The van der Waals surface area contributed by atoms with E-state index in [0.29, 0.717) is 26.2 Å². The number of hydroxylamine groups is 2. The van der Waals surface area contributed by atoms with Crippen molar-refractivity contribution in [3.05, 3.63) is 35.9 Å². The second-order valence-corrected chi connectivity index (χ2v) is 6.16. The summed E-state index contributed by atoms with van der Waals surface area (Å²) in [6.07, 6.45) is 1.32. The van der Waals surface area contributed by atoms with Crippen molar-refractivity contribution in [3.63, 3.8) is 0 Å². The predicted molar refractivity (Wildman–Crippen MR) is 83.2 cm³/mol. The van der Waals surface area contributed by atoms with Crippen LogP contribution in [0, 0.1) is 0 Å². The zero-order chi connectivity index (χ0) is 16.4. The fourth-order valence-corrected chi connectivity index (χ4v) is 3.22. The van der Waals surface area contributed by atoms with Crippen molar-refractivity contribution in [2.75, 3.05) is 13.2 Å². The zero-order valence-electron chi connectivity index (χ0n) is 13.5. The number of benzene rings is 1. The van der Waals surface area contributed by atoms with E-state index in [9.17, 15) is 9.59 Å². The number of nitrogens with zero attached hydrogens (tertiary/aromatic N) is 2. The van der Waals surface area contributed by atoms with Gasteiger partial charge >= 0.3 is 12.0 Å². The molecule has 3 rings (SSSR count). The van der Waals surface area contributed by atoms with Crippen LogP contribution in [0.2, 0.25) is 0 Å². The van der Waals surface area contributed by atoms with Crippen molar-refractivity contribution in [2.24, 2.45) is 0 Å². The Balaban J connectivity index is 1.70. The van der Waals surface area contributed by atoms with Gasteiger partial charge in [-0.05, 0) is 32.3 Å². The maximum atomic E-state index is 12.7. The molecule has 1 unspecified atom stereocenters. The van der Waals surface area contributed by atoms with Crippen LogP contribution in [0.3, 0.4) is 0 Å². The van der Waals surface area contributed by atoms with Gasteiger partial charge in [-0.2, -0.15) is 5.06 Å². The summed E-state index contributed by atoms with van der Waals surface area (Å²) >= 11 is 0. The monoisotopic (exact) mass is 318 g/mol. The van der Waals surface area contributed by atoms with Gasteiger partial charge in [-0.3, -0.25) is 4.84 Å². The number of hydrogen-bond acceptors (Lipinski definition) is 4. The summed E-state index contributed by atoms with van der Waals surface area (Å²) in [7, 11) is 0. The third-order valence-corrected chi connectivity index (χ3v) is 4.63. The summed E-state index contributed by atoms with van der Waals surface area (Å²) in [4.78, 5) is 32.2. The predicted octanol–water partition coefficient (Wildman–Crippen LogP) is 2.34. The van der Waals surface area contributed by atoms with Crippen LogP contribution in [-0.2, 0) is 21.0 Å². The van der Waals surface area contributed by atoms with Gasteiger partial charge < -0.3 is 9.64 Å². The third kappa shape index (κ3) is 2.79. The van der Waals surface area contributed by atoms with E-state index >= 15 is 0 Å². The maximum Gasteiger partial charge on any atom is 0.345 e. The third-order valence-electron chi connectivity index (χ3n) is 4.63. The minimum Gasteiger partial charge on any atom is -0.464 e. The minimum atomic E-state index is -0.894. The van der Waals surface area contributed by atoms with E-state index in [2.05, 4.69) is 0 Å². The second-order valence-electron chi connectivity index (χ2n) is 6.16. The molecule has 2 atom stereocenters. The van der Waals surface area contributed by atoms with E-state index in [4.69, 9.17) is 9.57 Å². The number of carbonyl (C=O) groups excluding carboxylic acids is 2. The first-order valence-corrected chi connectivity index (χ1v) is 8.01. The molecule has 1 aromatic carbocycles. The fourth-order valence-electron chi connectivity index (χ4n) is 3.22. The smallest absolute Gasteiger partial charge is 0.345 e. The molecule has 6 heteroatoms. The van der Waals surface area contributed by atoms with Gasteiger partial charge in [-0.25, -0.2) is 9.59 Å². The van der Waals surface area contributed by atoms with Crippen LogP contribution in [0.4, 0.5) is 4.79 Å². The van der Waals surface area contributed by atoms with Gasteiger partial charge in [0.25, 0.3) is 0 Å². The van der Waals surface area contributed by atoms with E-state index in [1.54, 1.807) is 18.7 Å². The lowest BCUT2D eigenvalue weighted by molar-refractivity contribution is -0.156. The van der Waals surface area contributed by atoms with Crippen molar-refractivity contribution in [2.45, 2.75) is 44.9 Å². The Kier molecular flexibility index (Phi) is 4.26. The van der Waals surface area contributed by atoms with E-state index < -0.39 is 5.54 Å². The Morgan fingerprint density at radius 3 is 2.78 bits per heavy atom. The quantitative estimate of drug-likeness (QED) is 0.782.